The van der Waals surface area contributed by atoms with E-state index < -0.39 is 10.0 Å². The second kappa shape index (κ2) is 8.49. The second-order valence-corrected chi connectivity index (χ2v) is 9.58. The van der Waals surface area contributed by atoms with Crippen LogP contribution in [0.3, 0.4) is 0 Å². The molecule has 9 heteroatoms. The van der Waals surface area contributed by atoms with Crippen molar-refractivity contribution in [1.82, 2.24) is 24.4 Å². The molecule has 0 bridgehead atoms. The molecule has 4 rings (SSSR count). The molecule has 0 spiro atoms. The first-order chi connectivity index (χ1) is 13.0. The normalized spacial score (nSPS) is 18.7. The highest BCUT2D eigenvalue weighted by molar-refractivity contribution is 7.89. The molecular weight excluding hydrogens is 398 g/mol. The van der Waals surface area contributed by atoms with E-state index in [1.807, 2.05) is 32.0 Å². The van der Waals surface area contributed by atoms with E-state index in [1.54, 1.807) is 10.4 Å². The van der Waals surface area contributed by atoms with Crippen LogP contribution in [0.1, 0.15) is 55.7 Å². The van der Waals surface area contributed by atoms with Gasteiger partial charge < -0.3 is 9.88 Å². The summed E-state index contributed by atoms with van der Waals surface area (Å²) in [7, 11) is -3.47. The highest BCUT2D eigenvalue weighted by Crippen LogP contribution is 2.32. The smallest absolute Gasteiger partial charge is 0.243 e. The molecule has 1 aromatic heterocycles. The van der Waals surface area contributed by atoms with Gasteiger partial charge in [0.2, 0.25) is 10.0 Å². The lowest BCUT2D eigenvalue weighted by Crippen LogP contribution is -2.39. The van der Waals surface area contributed by atoms with Crippen molar-refractivity contribution in [3.63, 3.8) is 0 Å². The van der Waals surface area contributed by atoms with Crippen LogP contribution in [0.25, 0.3) is 0 Å². The van der Waals surface area contributed by atoms with E-state index in [0.717, 1.165) is 49.7 Å². The minimum Gasteiger partial charge on any atom is -0.312 e. The molecule has 0 saturated carbocycles. The molecule has 0 aliphatic carbocycles. The summed E-state index contributed by atoms with van der Waals surface area (Å²) in [4.78, 5) is 0.449. The Labute approximate surface area is 173 Å². The molecule has 2 aliphatic heterocycles. The van der Waals surface area contributed by atoms with Gasteiger partial charge in [0.1, 0.15) is 11.6 Å². The number of piperidine rings is 1. The van der Waals surface area contributed by atoms with Gasteiger partial charge in [-0.05, 0) is 30.4 Å². The number of benzene rings is 1. The van der Waals surface area contributed by atoms with Crippen molar-refractivity contribution in [2.45, 2.75) is 56.5 Å². The Kier molecular flexibility index (Phi) is 6.44. The Bertz CT molecular complexity index is 920. The van der Waals surface area contributed by atoms with Crippen LogP contribution in [0, 0.1) is 0 Å². The number of nitrogens with zero attached hydrogens (tertiary/aromatic N) is 4. The maximum atomic E-state index is 13.2. The lowest BCUT2D eigenvalue weighted by Gasteiger charge is -2.32. The summed E-state index contributed by atoms with van der Waals surface area (Å²) >= 11 is 0. The molecule has 0 radical (unpaired) electrons. The fraction of sp³-hybridized carbons (Fsp3) is 0.579. The Hall–Kier alpha value is -1.48. The first-order valence-corrected chi connectivity index (χ1v) is 11.1. The first-order valence-electron chi connectivity index (χ1n) is 9.70. The first kappa shape index (κ1) is 21.2. The van der Waals surface area contributed by atoms with Crippen LogP contribution in [0.2, 0.25) is 0 Å². The summed E-state index contributed by atoms with van der Waals surface area (Å²) in [5, 5.41) is 12.0. The van der Waals surface area contributed by atoms with Gasteiger partial charge in [-0.25, -0.2) is 8.42 Å². The third-order valence-corrected chi connectivity index (χ3v) is 7.60. The quantitative estimate of drug-likeness (QED) is 0.813. The number of fused-ring (bicyclic) bond motifs is 1. The summed E-state index contributed by atoms with van der Waals surface area (Å²) in [6.45, 7) is 7.69. The average Bonchev–Trinajstić information content (AvgIpc) is 3.12. The zero-order valence-corrected chi connectivity index (χ0v) is 18.0. The summed E-state index contributed by atoms with van der Waals surface area (Å²) in [6, 6.07) is 7.37. The van der Waals surface area contributed by atoms with Gasteiger partial charge >= 0.3 is 0 Å². The molecule has 3 heterocycles. The van der Waals surface area contributed by atoms with E-state index in [4.69, 9.17) is 0 Å². The van der Waals surface area contributed by atoms with Crippen LogP contribution in [0.5, 0.6) is 0 Å². The molecule has 2 aliphatic rings. The van der Waals surface area contributed by atoms with Crippen molar-refractivity contribution in [3.05, 3.63) is 41.5 Å². The van der Waals surface area contributed by atoms with Crippen molar-refractivity contribution in [1.29, 1.82) is 0 Å². The molecule has 0 amide bonds. The zero-order valence-electron chi connectivity index (χ0n) is 16.3. The van der Waals surface area contributed by atoms with Crippen LogP contribution >= 0.6 is 12.4 Å². The number of nitrogens with one attached hydrogen (secondary N) is 1. The molecule has 0 atom stereocenters. The Balaban J connectivity index is 0.00000225. The number of halogens is 1. The molecule has 1 N–H and O–H groups in total. The SMILES string of the molecule is CC(C)c1ccccc1S(=O)(=O)N1CCC(c2nnc3n2CCNC3)CC1.Cl. The minimum atomic E-state index is -3.47. The van der Waals surface area contributed by atoms with Crippen molar-refractivity contribution in [2.75, 3.05) is 19.6 Å². The maximum Gasteiger partial charge on any atom is 0.243 e. The topological polar surface area (TPSA) is 80.1 Å². The zero-order chi connectivity index (χ0) is 19.0. The van der Waals surface area contributed by atoms with Gasteiger partial charge in [0.05, 0.1) is 11.4 Å². The molecule has 2 aromatic rings. The highest BCUT2D eigenvalue weighted by Gasteiger charge is 2.33. The second-order valence-electron chi connectivity index (χ2n) is 7.67. The largest absolute Gasteiger partial charge is 0.312 e. The van der Waals surface area contributed by atoms with Crippen LogP contribution in [-0.4, -0.2) is 47.1 Å². The number of rotatable bonds is 4. The molecule has 154 valence electrons. The van der Waals surface area contributed by atoms with Gasteiger partial charge in [-0.2, -0.15) is 4.31 Å². The third-order valence-electron chi connectivity index (χ3n) is 5.63. The van der Waals surface area contributed by atoms with Crippen molar-refractivity contribution in [2.24, 2.45) is 0 Å². The summed E-state index contributed by atoms with van der Waals surface area (Å²) in [5.74, 6) is 2.45. The van der Waals surface area contributed by atoms with E-state index >= 15 is 0 Å². The maximum absolute atomic E-state index is 13.2. The molecule has 28 heavy (non-hydrogen) atoms. The summed E-state index contributed by atoms with van der Waals surface area (Å²) in [5.41, 5.74) is 0.888. The fourth-order valence-electron chi connectivity index (χ4n) is 4.10. The van der Waals surface area contributed by atoms with Crippen LogP contribution < -0.4 is 5.32 Å². The monoisotopic (exact) mass is 425 g/mol. The summed E-state index contributed by atoms with van der Waals surface area (Å²) < 4.78 is 30.3. The molecule has 1 saturated heterocycles. The van der Waals surface area contributed by atoms with E-state index in [0.29, 0.717) is 18.0 Å². The van der Waals surface area contributed by atoms with Gasteiger partial charge in [-0.3, -0.25) is 0 Å². The van der Waals surface area contributed by atoms with Crippen LogP contribution in [-0.2, 0) is 23.1 Å². The average molecular weight is 426 g/mol. The van der Waals surface area contributed by atoms with Gasteiger partial charge in [0.15, 0.2) is 0 Å². The van der Waals surface area contributed by atoms with E-state index in [1.165, 1.54) is 0 Å². The van der Waals surface area contributed by atoms with Crippen molar-refractivity contribution < 1.29 is 8.42 Å². The van der Waals surface area contributed by atoms with Gasteiger partial charge in [0, 0.05) is 32.1 Å². The van der Waals surface area contributed by atoms with Crippen LogP contribution in [0.4, 0.5) is 0 Å². The van der Waals surface area contributed by atoms with Gasteiger partial charge in [-0.1, -0.05) is 32.0 Å². The lowest BCUT2D eigenvalue weighted by molar-refractivity contribution is 0.307. The minimum absolute atomic E-state index is 0. The highest BCUT2D eigenvalue weighted by atomic mass is 35.5. The van der Waals surface area contributed by atoms with Gasteiger partial charge in [0.25, 0.3) is 0 Å². The Morgan fingerprint density at radius 2 is 1.82 bits per heavy atom. The molecule has 1 aromatic carbocycles. The molecule has 1 fully saturated rings. The molecular formula is C19H28ClN5O2S. The van der Waals surface area contributed by atoms with Crippen LogP contribution in [0.15, 0.2) is 29.2 Å². The van der Waals surface area contributed by atoms with E-state index in [-0.39, 0.29) is 24.2 Å². The number of aromatic nitrogens is 3. The third kappa shape index (κ3) is 3.83. The lowest BCUT2D eigenvalue weighted by atomic mass is 9.97. The fourth-order valence-corrected chi connectivity index (χ4v) is 5.92. The molecule has 7 nitrogen and oxygen atoms in total. The van der Waals surface area contributed by atoms with Gasteiger partial charge in [-0.15, -0.1) is 22.6 Å². The van der Waals surface area contributed by atoms with E-state index in [9.17, 15) is 8.42 Å². The number of sulfonamides is 1. The standard InChI is InChI=1S/C19H27N5O2S.ClH/c1-14(2)16-5-3-4-6-17(16)27(25,26)23-10-7-15(8-11-23)19-22-21-18-13-20-9-12-24(18)19;/h3-6,14-15,20H,7-13H2,1-2H3;1H. The Morgan fingerprint density at radius 1 is 1.11 bits per heavy atom. The molecule has 0 unspecified atom stereocenters. The van der Waals surface area contributed by atoms with Crippen molar-refractivity contribution >= 4 is 22.4 Å². The predicted molar refractivity (Wildman–Crippen MR) is 110 cm³/mol. The van der Waals surface area contributed by atoms with E-state index in [2.05, 4.69) is 20.1 Å². The Morgan fingerprint density at radius 3 is 2.54 bits per heavy atom. The van der Waals surface area contributed by atoms with Crippen molar-refractivity contribution in [3.8, 4) is 0 Å². The number of hydrogen-bond donors (Lipinski definition) is 1. The number of hydrogen-bond acceptors (Lipinski definition) is 5. The summed E-state index contributed by atoms with van der Waals surface area (Å²) in [6.07, 6.45) is 1.57. The predicted octanol–water partition coefficient (Wildman–Crippen LogP) is 2.49.